The van der Waals surface area contributed by atoms with E-state index < -0.39 is 29.2 Å². The summed E-state index contributed by atoms with van der Waals surface area (Å²) >= 11 is -2.69. The van der Waals surface area contributed by atoms with Crippen molar-refractivity contribution in [3.8, 4) is 28.6 Å². The van der Waals surface area contributed by atoms with Crippen LogP contribution < -0.4 is 14.2 Å². The number of halogens is 1. The van der Waals surface area contributed by atoms with Crippen molar-refractivity contribution in [2.24, 2.45) is 0 Å². The lowest BCUT2D eigenvalue weighted by Crippen LogP contribution is -2.40. The Morgan fingerprint density at radius 3 is 2.38 bits per heavy atom. The van der Waals surface area contributed by atoms with Gasteiger partial charge in [0.05, 0.1) is 32.7 Å². The molecule has 0 saturated heterocycles. The number of nitrogens with one attached hydrogen (secondary N) is 1. The summed E-state index contributed by atoms with van der Waals surface area (Å²) in [6.07, 6.45) is 4.36. The van der Waals surface area contributed by atoms with Gasteiger partial charge in [-0.25, -0.2) is 19.1 Å². The van der Waals surface area contributed by atoms with Gasteiger partial charge < -0.3 is 18.8 Å². The number of benzene rings is 1. The highest BCUT2D eigenvalue weighted by Crippen LogP contribution is 2.37. The number of hydrogen-bond acceptors (Lipinski definition) is 10. The zero-order valence-corrected chi connectivity index (χ0v) is 22.5. The quantitative estimate of drug-likeness (QED) is 0.258. The van der Waals surface area contributed by atoms with E-state index in [1.807, 2.05) is 13.0 Å². The Kier molecular flexibility index (Phi) is 9.24. The molecule has 0 aliphatic rings. The van der Waals surface area contributed by atoms with Gasteiger partial charge in [0, 0.05) is 42.3 Å². The molecule has 1 aromatic carbocycles. The van der Waals surface area contributed by atoms with Gasteiger partial charge in [0.25, 0.3) is 0 Å². The molecule has 1 unspecified atom stereocenters. The van der Waals surface area contributed by atoms with Crippen LogP contribution in [0.1, 0.15) is 30.2 Å². The van der Waals surface area contributed by atoms with E-state index >= 15 is 0 Å². The van der Waals surface area contributed by atoms with Crippen LogP contribution in [-0.4, -0.2) is 65.3 Å². The molecular formula is C25H27FN7O5S-. The first kappa shape index (κ1) is 28.2. The third kappa shape index (κ3) is 6.42. The average Bonchev–Trinajstić information content (AvgIpc) is 3.34. The molecule has 0 radical (unpaired) electrons. The van der Waals surface area contributed by atoms with Crippen molar-refractivity contribution in [3.05, 3.63) is 72.1 Å². The Labute approximate surface area is 227 Å². The fourth-order valence-electron chi connectivity index (χ4n) is 4.15. The SMILES string of the molecule is CCO[C@H](c1ncc(F)cn1)[C@H](Cc1nnc(-c2cncc(C)c2)n1-c1c(OC)cccc1OC)NS(=O)[O-]. The molecule has 0 aliphatic carbocycles. The van der Waals surface area contributed by atoms with E-state index in [4.69, 9.17) is 14.2 Å². The summed E-state index contributed by atoms with van der Waals surface area (Å²) < 4.78 is 58.6. The minimum atomic E-state index is -2.69. The minimum absolute atomic E-state index is 0.0210. The summed E-state index contributed by atoms with van der Waals surface area (Å²) in [7, 11) is 3.05. The summed E-state index contributed by atoms with van der Waals surface area (Å²) in [4.78, 5) is 12.3. The topological polar surface area (TPSA) is 149 Å². The zero-order chi connectivity index (χ0) is 27.9. The first-order chi connectivity index (χ1) is 18.9. The summed E-state index contributed by atoms with van der Waals surface area (Å²) in [6.45, 7) is 3.86. The third-order valence-electron chi connectivity index (χ3n) is 5.75. The number of aryl methyl sites for hydroxylation is 1. The lowest BCUT2D eigenvalue weighted by Gasteiger charge is -2.28. The smallest absolute Gasteiger partial charge is 0.170 e. The lowest BCUT2D eigenvalue weighted by molar-refractivity contribution is 0.0320. The van der Waals surface area contributed by atoms with Crippen LogP contribution in [-0.2, 0) is 22.4 Å². The van der Waals surface area contributed by atoms with E-state index in [0.29, 0.717) is 34.4 Å². The molecular weight excluding hydrogens is 529 g/mol. The monoisotopic (exact) mass is 556 g/mol. The van der Waals surface area contributed by atoms with E-state index in [2.05, 4.69) is 29.9 Å². The maximum atomic E-state index is 13.5. The number of ether oxygens (including phenoxy) is 3. The predicted molar refractivity (Wildman–Crippen MR) is 138 cm³/mol. The van der Waals surface area contributed by atoms with Crippen molar-refractivity contribution >= 4 is 11.3 Å². The van der Waals surface area contributed by atoms with Gasteiger partial charge in [0.15, 0.2) is 17.5 Å². The molecule has 12 nitrogen and oxygen atoms in total. The van der Waals surface area contributed by atoms with Gasteiger partial charge >= 0.3 is 0 Å². The molecule has 3 heterocycles. The Bertz CT molecular complexity index is 1410. The van der Waals surface area contributed by atoms with Crippen LogP contribution >= 0.6 is 0 Å². The second-order valence-corrected chi connectivity index (χ2v) is 9.04. The van der Waals surface area contributed by atoms with Gasteiger partial charge in [-0.15, -0.1) is 10.2 Å². The fourth-order valence-corrected chi connectivity index (χ4v) is 4.60. The summed E-state index contributed by atoms with van der Waals surface area (Å²) in [5.74, 6) is 1.19. The number of methoxy groups -OCH3 is 2. The molecule has 4 rings (SSSR count). The van der Waals surface area contributed by atoms with Gasteiger partial charge in [-0.1, -0.05) is 6.07 Å². The molecule has 0 amide bonds. The van der Waals surface area contributed by atoms with Crippen molar-refractivity contribution in [1.82, 2.24) is 34.4 Å². The number of aromatic nitrogens is 6. The minimum Gasteiger partial charge on any atom is -0.760 e. The third-order valence-corrected chi connectivity index (χ3v) is 6.24. The van der Waals surface area contributed by atoms with E-state index in [0.717, 1.165) is 18.0 Å². The number of hydrogen-bond donors (Lipinski definition) is 1. The first-order valence-electron chi connectivity index (χ1n) is 11.9. The Morgan fingerprint density at radius 1 is 1.10 bits per heavy atom. The molecule has 3 aromatic heterocycles. The molecule has 0 aliphatic heterocycles. The van der Waals surface area contributed by atoms with E-state index in [-0.39, 0.29) is 18.9 Å². The van der Waals surface area contributed by atoms with Crippen molar-refractivity contribution in [2.45, 2.75) is 32.4 Å². The van der Waals surface area contributed by atoms with Gasteiger partial charge in [0.2, 0.25) is 0 Å². The molecule has 0 saturated carbocycles. The highest BCUT2D eigenvalue weighted by atomic mass is 32.2. The van der Waals surface area contributed by atoms with Crippen LogP contribution in [0.5, 0.6) is 11.5 Å². The molecule has 0 spiro atoms. The standard InChI is InChI=1S/C25H28FN7O5S/c1-5-38-23(24-28-13-17(26)14-29-24)18(32-39(34)35)10-21-30-31-25(16-9-15(2)11-27-12-16)33(21)22-19(36-3)7-6-8-20(22)37-4/h6-9,11-14,18,23,32H,5,10H2,1-4H3,(H,34,35)/p-1/t18-,23-/m0/s1. The number of nitrogens with zero attached hydrogens (tertiary/aromatic N) is 6. The van der Waals surface area contributed by atoms with E-state index in [9.17, 15) is 13.2 Å². The Morgan fingerprint density at radius 2 is 1.79 bits per heavy atom. The Hall–Kier alpha value is -3.85. The molecule has 1 N–H and O–H groups in total. The molecule has 3 atom stereocenters. The first-order valence-corrected chi connectivity index (χ1v) is 13.0. The lowest BCUT2D eigenvalue weighted by atomic mass is 10.1. The largest absolute Gasteiger partial charge is 0.760 e. The van der Waals surface area contributed by atoms with Gasteiger partial charge in [-0.2, -0.15) is 0 Å². The molecule has 39 heavy (non-hydrogen) atoms. The molecule has 4 aromatic rings. The van der Waals surface area contributed by atoms with E-state index in [1.165, 1.54) is 14.2 Å². The molecule has 0 bridgehead atoms. The maximum absolute atomic E-state index is 13.5. The molecule has 206 valence electrons. The fraction of sp³-hybridized carbons (Fsp3) is 0.320. The summed E-state index contributed by atoms with van der Waals surface area (Å²) in [5, 5.41) is 8.86. The van der Waals surface area contributed by atoms with Crippen molar-refractivity contribution < 1.29 is 27.4 Å². The number of rotatable bonds is 12. The van der Waals surface area contributed by atoms with Gasteiger partial charge in [-0.3, -0.25) is 13.8 Å². The molecule has 14 heteroatoms. The van der Waals surface area contributed by atoms with E-state index in [1.54, 1.807) is 42.1 Å². The Balaban J connectivity index is 1.90. The molecule has 0 fully saturated rings. The van der Waals surface area contributed by atoms with Crippen LogP contribution in [0, 0.1) is 12.7 Å². The number of pyridine rings is 1. The van der Waals surface area contributed by atoms with Crippen LogP contribution in [0.4, 0.5) is 4.39 Å². The zero-order valence-electron chi connectivity index (χ0n) is 21.7. The van der Waals surface area contributed by atoms with Crippen LogP contribution in [0.2, 0.25) is 0 Å². The highest BCUT2D eigenvalue weighted by Gasteiger charge is 2.31. The second-order valence-electron chi connectivity index (χ2n) is 8.34. The van der Waals surface area contributed by atoms with Crippen LogP contribution in [0.15, 0.2) is 49.1 Å². The normalized spacial score (nSPS) is 13.6. The summed E-state index contributed by atoms with van der Waals surface area (Å²) in [5.41, 5.74) is 2.08. The van der Waals surface area contributed by atoms with Gasteiger partial charge in [-0.05, 0) is 37.6 Å². The van der Waals surface area contributed by atoms with Gasteiger partial charge in [0.1, 0.15) is 29.1 Å². The highest BCUT2D eigenvalue weighted by molar-refractivity contribution is 7.77. The summed E-state index contributed by atoms with van der Waals surface area (Å²) in [6, 6.07) is 6.26. The van der Waals surface area contributed by atoms with Crippen molar-refractivity contribution in [3.63, 3.8) is 0 Å². The van der Waals surface area contributed by atoms with Crippen LogP contribution in [0.25, 0.3) is 17.1 Å². The maximum Gasteiger partial charge on any atom is 0.170 e. The van der Waals surface area contributed by atoms with Crippen LogP contribution in [0.3, 0.4) is 0 Å². The number of para-hydroxylation sites is 1. The average molecular weight is 557 g/mol. The predicted octanol–water partition coefficient (Wildman–Crippen LogP) is 2.66. The van der Waals surface area contributed by atoms with Crippen molar-refractivity contribution in [2.75, 3.05) is 20.8 Å². The van der Waals surface area contributed by atoms with Crippen molar-refractivity contribution in [1.29, 1.82) is 0 Å². The second kappa shape index (κ2) is 12.8.